The van der Waals surface area contributed by atoms with E-state index in [2.05, 4.69) is 88.4 Å². The number of thiophene rings is 1. The Balaban J connectivity index is 2.31. The van der Waals surface area contributed by atoms with E-state index < -0.39 is 0 Å². The Morgan fingerprint density at radius 3 is 2.36 bits per heavy atom. The smallest absolute Gasteiger partial charge is 0.0354 e. The molecule has 1 aliphatic rings. The largest absolute Gasteiger partial charge is 0.136 e. The molecule has 0 atom stereocenters. The summed E-state index contributed by atoms with van der Waals surface area (Å²) in [5.74, 6) is 0. The number of hydrogen-bond acceptors (Lipinski definition) is 1. The van der Waals surface area contributed by atoms with Gasteiger partial charge in [-0.3, -0.25) is 0 Å². The molecule has 0 radical (unpaired) electrons. The van der Waals surface area contributed by atoms with Crippen LogP contribution in [0, 0.1) is 20.8 Å². The molecule has 0 nitrogen and oxygen atoms in total. The summed E-state index contributed by atoms with van der Waals surface area (Å²) < 4.78 is 1.36. The first-order valence-electron chi connectivity index (χ1n) is 8.91. The molecule has 1 aromatic carbocycles. The van der Waals surface area contributed by atoms with Crippen LogP contribution in [0.1, 0.15) is 40.5 Å². The molecular formula is C24H26S. The zero-order valence-corrected chi connectivity index (χ0v) is 16.4. The summed E-state index contributed by atoms with van der Waals surface area (Å²) in [6.07, 6.45) is 13.4. The molecule has 0 saturated carbocycles. The molecule has 128 valence electrons. The van der Waals surface area contributed by atoms with Gasteiger partial charge in [-0.1, -0.05) is 65.3 Å². The minimum atomic E-state index is 0.978. The van der Waals surface area contributed by atoms with E-state index in [0.29, 0.717) is 0 Å². The van der Waals surface area contributed by atoms with Crippen LogP contribution in [0.2, 0.25) is 0 Å². The number of allylic oxidation sites excluding steroid dienone is 5. The van der Waals surface area contributed by atoms with Gasteiger partial charge in [0.05, 0.1) is 0 Å². The molecule has 0 spiro atoms. The standard InChI is InChI=1S/C24H26S/c1-17-8-5-6-11-23-21(10-7-9-17)22-15-19(3)13-12-18(2)14-20(4)16-24(22)25-23/h6-9,11-16H,5,10H2,1-4H3/b9-7-,11-6-,13-12?,17-8-,18-12?,18-14?,19-13?,19-15?,20-14?,20-16?,22-15?,24-16?. The van der Waals surface area contributed by atoms with E-state index in [0.717, 1.165) is 12.8 Å². The van der Waals surface area contributed by atoms with Crippen LogP contribution in [-0.4, -0.2) is 0 Å². The van der Waals surface area contributed by atoms with Gasteiger partial charge in [0, 0.05) is 9.58 Å². The van der Waals surface area contributed by atoms with E-state index in [1.54, 1.807) is 0 Å². The third kappa shape index (κ3) is 4.49. The van der Waals surface area contributed by atoms with E-state index in [4.69, 9.17) is 0 Å². The molecule has 0 saturated heterocycles. The molecule has 0 amide bonds. The van der Waals surface area contributed by atoms with Gasteiger partial charge in [0.15, 0.2) is 0 Å². The number of aryl methyl sites for hydroxylation is 3. The predicted molar refractivity (Wildman–Crippen MR) is 114 cm³/mol. The van der Waals surface area contributed by atoms with Crippen LogP contribution in [0.4, 0.5) is 0 Å². The maximum Gasteiger partial charge on any atom is 0.0354 e. The summed E-state index contributed by atoms with van der Waals surface area (Å²) in [4.78, 5) is 1.39. The summed E-state index contributed by atoms with van der Waals surface area (Å²) in [6.45, 7) is 8.71. The first kappa shape index (κ1) is 17.7. The topological polar surface area (TPSA) is 0 Å². The first-order chi connectivity index (χ1) is 12.0. The average molecular weight is 347 g/mol. The highest BCUT2D eigenvalue weighted by Gasteiger charge is 2.09. The van der Waals surface area contributed by atoms with Crippen LogP contribution in [0.25, 0.3) is 16.2 Å². The Morgan fingerprint density at radius 1 is 0.800 bits per heavy atom. The van der Waals surface area contributed by atoms with E-state index in [-0.39, 0.29) is 0 Å². The Hall–Kier alpha value is -2.12. The number of hydrogen-bond donors (Lipinski definition) is 0. The molecule has 0 N–H and O–H groups in total. The van der Waals surface area contributed by atoms with Crippen molar-refractivity contribution in [3.63, 3.8) is 0 Å². The van der Waals surface area contributed by atoms with Crippen molar-refractivity contribution in [1.82, 2.24) is 0 Å². The molecule has 1 heteroatoms. The van der Waals surface area contributed by atoms with E-state index in [1.165, 1.54) is 42.8 Å². The lowest BCUT2D eigenvalue weighted by molar-refractivity contribution is 1.27. The van der Waals surface area contributed by atoms with Crippen molar-refractivity contribution >= 4 is 27.5 Å². The Morgan fingerprint density at radius 2 is 1.56 bits per heavy atom. The Kier molecular flexibility index (Phi) is 5.55. The Labute approximate surface area is 155 Å². The van der Waals surface area contributed by atoms with Crippen LogP contribution in [0.5, 0.6) is 0 Å². The zero-order valence-electron chi connectivity index (χ0n) is 15.6. The summed E-state index contributed by atoms with van der Waals surface area (Å²) in [5.41, 5.74) is 6.67. The van der Waals surface area contributed by atoms with Gasteiger partial charge in [0.1, 0.15) is 0 Å². The van der Waals surface area contributed by atoms with Gasteiger partial charge in [0.2, 0.25) is 0 Å². The number of rotatable bonds is 0. The molecular weight excluding hydrogens is 320 g/mol. The fourth-order valence-corrected chi connectivity index (χ4v) is 4.44. The van der Waals surface area contributed by atoms with Gasteiger partial charge in [0.25, 0.3) is 0 Å². The summed E-state index contributed by atoms with van der Waals surface area (Å²) in [5, 5.41) is 1.38. The molecule has 1 heterocycles. The van der Waals surface area contributed by atoms with Gasteiger partial charge < -0.3 is 0 Å². The monoisotopic (exact) mass is 346 g/mol. The molecule has 0 aliphatic heterocycles. The quantitative estimate of drug-likeness (QED) is 0.466. The fourth-order valence-electron chi connectivity index (χ4n) is 3.18. The third-order valence-electron chi connectivity index (χ3n) is 4.45. The highest BCUT2D eigenvalue weighted by molar-refractivity contribution is 7.20. The predicted octanol–water partition coefficient (Wildman–Crippen LogP) is 7.41. The molecule has 25 heavy (non-hydrogen) atoms. The second-order valence-corrected chi connectivity index (χ2v) is 8.00. The lowest BCUT2D eigenvalue weighted by atomic mass is 10.0. The molecule has 2 aromatic rings. The first-order valence-corrected chi connectivity index (χ1v) is 9.73. The van der Waals surface area contributed by atoms with Gasteiger partial charge in [-0.15, -0.1) is 11.3 Å². The number of fused-ring (bicyclic) bond motifs is 3. The molecule has 0 bridgehead atoms. The summed E-state index contributed by atoms with van der Waals surface area (Å²) in [7, 11) is 0. The lowest BCUT2D eigenvalue weighted by Crippen LogP contribution is -1.84. The van der Waals surface area contributed by atoms with Crippen molar-refractivity contribution in [2.75, 3.05) is 0 Å². The molecule has 1 aliphatic carbocycles. The van der Waals surface area contributed by atoms with Crippen molar-refractivity contribution in [2.24, 2.45) is 0 Å². The SMILES string of the molecule is CC1=C/C/C=C\c2sc3cc(C)cc(C)ccc(C)cc3c2C/C=C\1. The van der Waals surface area contributed by atoms with Crippen molar-refractivity contribution in [3.8, 4) is 0 Å². The van der Waals surface area contributed by atoms with Crippen molar-refractivity contribution in [3.05, 3.63) is 87.3 Å². The van der Waals surface area contributed by atoms with Crippen LogP contribution >= 0.6 is 11.3 Å². The molecule has 0 fully saturated rings. The third-order valence-corrected chi connectivity index (χ3v) is 5.61. The van der Waals surface area contributed by atoms with Gasteiger partial charge in [-0.25, -0.2) is 0 Å². The van der Waals surface area contributed by atoms with E-state index >= 15 is 0 Å². The fraction of sp³-hybridized carbons (Fsp3) is 0.250. The second kappa shape index (κ2) is 7.84. The van der Waals surface area contributed by atoms with Crippen molar-refractivity contribution < 1.29 is 0 Å². The maximum atomic E-state index is 2.35. The zero-order chi connectivity index (χ0) is 17.8. The average Bonchev–Trinajstić information content (AvgIpc) is 2.86. The molecule has 1 aromatic heterocycles. The minimum absolute atomic E-state index is 0.978. The highest BCUT2D eigenvalue weighted by atomic mass is 32.1. The normalized spacial score (nSPS) is 18.6. The van der Waals surface area contributed by atoms with Crippen LogP contribution in [-0.2, 0) is 6.42 Å². The summed E-state index contributed by atoms with van der Waals surface area (Å²) in [6, 6.07) is 11.4. The van der Waals surface area contributed by atoms with Crippen molar-refractivity contribution in [2.45, 2.75) is 40.5 Å². The molecule has 3 rings (SSSR count). The Bertz CT molecular complexity index is 934. The van der Waals surface area contributed by atoms with Gasteiger partial charge in [-0.2, -0.15) is 0 Å². The van der Waals surface area contributed by atoms with E-state index in [9.17, 15) is 0 Å². The van der Waals surface area contributed by atoms with Crippen LogP contribution < -0.4 is 0 Å². The van der Waals surface area contributed by atoms with E-state index in [1.807, 2.05) is 11.3 Å². The van der Waals surface area contributed by atoms with Crippen LogP contribution in [0.15, 0.2) is 60.2 Å². The van der Waals surface area contributed by atoms with Gasteiger partial charge >= 0.3 is 0 Å². The maximum absolute atomic E-state index is 2.35. The highest BCUT2D eigenvalue weighted by Crippen LogP contribution is 2.33. The lowest BCUT2D eigenvalue weighted by Gasteiger charge is -2.01. The van der Waals surface area contributed by atoms with Crippen LogP contribution in [0.3, 0.4) is 0 Å². The summed E-state index contributed by atoms with van der Waals surface area (Å²) >= 11 is 1.91. The second-order valence-electron chi connectivity index (χ2n) is 6.91. The molecule has 0 unspecified atom stereocenters. The van der Waals surface area contributed by atoms with Gasteiger partial charge in [-0.05, 0) is 69.2 Å². The minimum Gasteiger partial charge on any atom is -0.136 e. The van der Waals surface area contributed by atoms with Crippen molar-refractivity contribution in [1.29, 1.82) is 0 Å².